The van der Waals surface area contributed by atoms with Crippen LogP contribution in [0.25, 0.3) is 5.69 Å². The summed E-state index contributed by atoms with van der Waals surface area (Å²) in [5, 5.41) is 0. The van der Waals surface area contributed by atoms with Gasteiger partial charge in [-0.2, -0.15) is 0 Å². The molecule has 0 unspecified atom stereocenters. The Hall–Kier alpha value is -1.28. The molecule has 0 spiro atoms. The highest BCUT2D eigenvalue weighted by Gasteiger charge is 2.19. The van der Waals surface area contributed by atoms with Crippen LogP contribution < -0.4 is 17.0 Å². The van der Waals surface area contributed by atoms with E-state index in [0.717, 1.165) is 0 Å². The van der Waals surface area contributed by atoms with Crippen LogP contribution in [0, 0.1) is 0 Å². The molecule has 0 fully saturated rings. The molecule has 0 aliphatic carbocycles. The fraction of sp³-hybridized carbons (Fsp3) is 0.438. The van der Waals surface area contributed by atoms with E-state index in [1.165, 1.54) is 16.8 Å². The van der Waals surface area contributed by atoms with Gasteiger partial charge < -0.3 is 12.4 Å². The van der Waals surface area contributed by atoms with Crippen LogP contribution in [-0.4, -0.2) is 4.57 Å². The van der Waals surface area contributed by atoms with Crippen LogP contribution in [0.2, 0.25) is 0 Å². The Labute approximate surface area is 122 Å². The van der Waals surface area contributed by atoms with Crippen molar-refractivity contribution in [2.24, 2.45) is 7.05 Å². The second-order valence-electron chi connectivity index (χ2n) is 5.58. The Bertz CT molecular complexity index is 515. The summed E-state index contributed by atoms with van der Waals surface area (Å²) in [6, 6.07) is 6.66. The summed E-state index contributed by atoms with van der Waals surface area (Å²) in [6.45, 7) is 9.03. The van der Waals surface area contributed by atoms with Crippen LogP contribution in [-0.2, 0) is 7.05 Å². The first-order valence-electron chi connectivity index (χ1n) is 6.67. The standard InChI is InChI=1S/C16H23N2.ClH/c1-12(2)14-7-6-8-15(13(3)4)16(14)18-10-9-17(5)11-18;/h6-13H,1-5H3;1H/q+1;/p-1. The Morgan fingerprint density at radius 2 is 1.53 bits per heavy atom. The van der Waals surface area contributed by atoms with E-state index in [0.29, 0.717) is 11.8 Å². The van der Waals surface area contributed by atoms with E-state index in [9.17, 15) is 0 Å². The molecule has 0 aliphatic rings. The molecule has 2 rings (SSSR count). The van der Waals surface area contributed by atoms with E-state index in [-0.39, 0.29) is 12.4 Å². The first kappa shape index (κ1) is 15.8. The number of para-hydroxylation sites is 1. The lowest BCUT2D eigenvalue weighted by Gasteiger charge is -2.16. The molecule has 0 saturated carbocycles. The molecule has 19 heavy (non-hydrogen) atoms. The maximum Gasteiger partial charge on any atom is 0.248 e. The summed E-state index contributed by atoms with van der Waals surface area (Å²) in [5.74, 6) is 1.07. The number of hydrogen-bond donors (Lipinski definition) is 0. The van der Waals surface area contributed by atoms with Gasteiger partial charge in [0, 0.05) is 11.1 Å². The molecule has 0 N–H and O–H groups in total. The monoisotopic (exact) mass is 278 g/mol. The van der Waals surface area contributed by atoms with Gasteiger partial charge in [0.05, 0.1) is 7.05 Å². The van der Waals surface area contributed by atoms with Gasteiger partial charge in [0.15, 0.2) is 0 Å². The molecule has 2 aromatic rings. The molecule has 1 heterocycles. The van der Waals surface area contributed by atoms with Crippen LogP contribution in [0.1, 0.15) is 50.7 Å². The third-order valence-electron chi connectivity index (χ3n) is 3.37. The number of aromatic nitrogens is 2. The number of benzene rings is 1. The number of rotatable bonds is 3. The van der Waals surface area contributed by atoms with E-state index < -0.39 is 0 Å². The molecule has 0 radical (unpaired) electrons. The maximum atomic E-state index is 2.26. The van der Waals surface area contributed by atoms with E-state index in [1.807, 2.05) is 0 Å². The molecule has 1 aromatic carbocycles. The lowest BCUT2D eigenvalue weighted by Crippen LogP contribution is -3.00. The van der Waals surface area contributed by atoms with Crippen molar-refractivity contribution in [1.29, 1.82) is 0 Å². The van der Waals surface area contributed by atoms with E-state index in [1.54, 1.807) is 0 Å². The van der Waals surface area contributed by atoms with E-state index >= 15 is 0 Å². The van der Waals surface area contributed by atoms with Gasteiger partial charge in [-0.1, -0.05) is 45.9 Å². The average Bonchev–Trinajstić information content (AvgIpc) is 2.74. The zero-order valence-electron chi connectivity index (χ0n) is 12.4. The summed E-state index contributed by atoms with van der Waals surface area (Å²) in [4.78, 5) is 0. The van der Waals surface area contributed by atoms with Crippen LogP contribution in [0.3, 0.4) is 0 Å². The van der Waals surface area contributed by atoms with Gasteiger partial charge in [0.25, 0.3) is 0 Å². The largest absolute Gasteiger partial charge is 1.00 e. The van der Waals surface area contributed by atoms with E-state index in [4.69, 9.17) is 0 Å². The molecular formula is C16H23ClN2. The Balaban J connectivity index is 0.00000180. The van der Waals surface area contributed by atoms with Gasteiger partial charge in [-0.15, -0.1) is 0 Å². The quantitative estimate of drug-likeness (QED) is 0.726. The lowest BCUT2D eigenvalue weighted by atomic mass is 9.92. The predicted molar refractivity (Wildman–Crippen MR) is 75.1 cm³/mol. The highest BCUT2D eigenvalue weighted by atomic mass is 35.5. The van der Waals surface area contributed by atoms with Gasteiger partial charge >= 0.3 is 0 Å². The Morgan fingerprint density at radius 3 is 1.89 bits per heavy atom. The lowest BCUT2D eigenvalue weighted by molar-refractivity contribution is -0.670. The molecule has 0 aliphatic heterocycles. The number of imidazole rings is 1. The highest BCUT2D eigenvalue weighted by Crippen LogP contribution is 2.30. The van der Waals surface area contributed by atoms with Crippen molar-refractivity contribution < 1.29 is 17.0 Å². The van der Waals surface area contributed by atoms with Crippen molar-refractivity contribution in [1.82, 2.24) is 4.57 Å². The molecule has 0 amide bonds. The second kappa shape index (κ2) is 6.25. The van der Waals surface area contributed by atoms with Crippen molar-refractivity contribution in [3.63, 3.8) is 0 Å². The van der Waals surface area contributed by atoms with Gasteiger partial charge in [0.1, 0.15) is 18.1 Å². The first-order valence-corrected chi connectivity index (χ1v) is 6.67. The van der Waals surface area contributed by atoms with Gasteiger partial charge in [-0.25, -0.2) is 9.13 Å². The summed E-state index contributed by atoms with van der Waals surface area (Å²) in [6.07, 6.45) is 6.35. The summed E-state index contributed by atoms with van der Waals surface area (Å²) < 4.78 is 4.33. The molecular weight excluding hydrogens is 256 g/mol. The molecule has 0 atom stereocenters. The van der Waals surface area contributed by atoms with Crippen LogP contribution in [0.5, 0.6) is 0 Å². The highest BCUT2D eigenvalue weighted by molar-refractivity contribution is 5.50. The number of halogens is 1. The minimum absolute atomic E-state index is 0. The third-order valence-corrected chi connectivity index (χ3v) is 3.37. The molecule has 104 valence electrons. The van der Waals surface area contributed by atoms with Crippen molar-refractivity contribution in [2.45, 2.75) is 39.5 Å². The predicted octanol–water partition coefficient (Wildman–Crippen LogP) is 0.553. The molecule has 0 bridgehead atoms. The van der Waals surface area contributed by atoms with Crippen molar-refractivity contribution in [3.05, 3.63) is 48.0 Å². The van der Waals surface area contributed by atoms with E-state index in [2.05, 4.69) is 80.8 Å². The van der Waals surface area contributed by atoms with Gasteiger partial charge in [-0.3, -0.25) is 0 Å². The SMILES string of the molecule is CC(C)c1cccc(C(C)C)c1-n1cc[n+](C)c1.[Cl-]. The molecule has 1 aromatic heterocycles. The summed E-state index contributed by atoms with van der Waals surface area (Å²) in [7, 11) is 2.06. The summed E-state index contributed by atoms with van der Waals surface area (Å²) in [5.41, 5.74) is 4.18. The van der Waals surface area contributed by atoms with Crippen LogP contribution in [0.15, 0.2) is 36.9 Å². The minimum Gasteiger partial charge on any atom is -1.00 e. The van der Waals surface area contributed by atoms with Crippen molar-refractivity contribution in [2.75, 3.05) is 0 Å². The second-order valence-corrected chi connectivity index (χ2v) is 5.58. The van der Waals surface area contributed by atoms with Crippen LogP contribution >= 0.6 is 0 Å². The minimum atomic E-state index is 0. The third kappa shape index (κ3) is 3.19. The zero-order chi connectivity index (χ0) is 13.3. The fourth-order valence-corrected chi connectivity index (χ4v) is 2.39. The normalized spacial score (nSPS) is 10.9. The number of nitrogens with zero attached hydrogens (tertiary/aromatic N) is 2. The summed E-state index contributed by atoms with van der Waals surface area (Å²) >= 11 is 0. The maximum absolute atomic E-state index is 2.26. The zero-order valence-corrected chi connectivity index (χ0v) is 13.1. The van der Waals surface area contributed by atoms with Crippen molar-refractivity contribution in [3.8, 4) is 5.69 Å². The molecule has 2 nitrogen and oxygen atoms in total. The smallest absolute Gasteiger partial charge is 0.248 e. The first-order chi connectivity index (χ1) is 8.50. The molecule has 3 heteroatoms. The van der Waals surface area contributed by atoms with Gasteiger partial charge in [0.2, 0.25) is 6.33 Å². The van der Waals surface area contributed by atoms with Crippen LogP contribution in [0.4, 0.5) is 0 Å². The van der Waals surface area contributed by atoms with Crippen molar-refractivity contribution >= 4 is 0 Å². The Morgan fingerprint density at radius 1 is 1.00 bits per heavy atom. The van der Waals surface area contributed by atoms with Gasteiger partial charge in [-0.05, 0) is 11.8 Å². The fourth-order valence-electron chi connectivity index (χ4n) is 2.39. The Kier molecular flexibility index (Phi) is 5.19. The number of aryl methyl sites for hydroxylation is 1. The average molecular weight is 279 g/mol. The molecule has 0 saturated heterocycles. The topological polar surface area (TPSA) is 8.81 Å². The number of hydrogen-bond acceptors (Lipinski definition) is 0.